The van der Waals surface area contributed by atoms with Gasteiger partial charge in [-0.3, -0.25) is 9.59 Å². The first kappa shape index (κ1) is 26.2. The average molecular weight is 492 g/mol. The fourth-order valence-electron chi connectivity index (χ4n) is 7.37. The fraction of sp³-hybridized carbons (Fsp3) is 0.548. The molecular formula is C31H41NO4. The van der Waals surface area contributed by atoms with Gasteiger partial charge in [0, 0.05) is 29.7 Å². The molecule has 5 heteroatoms. The predicted octanol–water partition coefficient (Wildman–Crippen LogP) is 6.42. The molecule has 2 saturated carbocycles. The number of ketones is 1. The maximum absolute atomic E-state index is 14.3. The molecule has 5 atom stereocenters. The van der Waals surface area contributed by atoms with Crippen LogP contribution < -0.4 is 14.8 Å². The van der Waals surface area contributed by atoms with E-state index in [1.54, 1.807) is 20.3 Å². The van der Waals surface area contributed by atoms with E-state index in [0.717, 1.165) is 19.3 Å². The Morgan fingerprint density at radius 3 is 2.19 bits per heavy atom. The van der Waals surface area contributed by atoms with E-state index in [9.17, 15) is 9.59 Å². The molecule has 0 saturated heterocycles. The minimum atomic E-state index is -0.147. The van der Waals surface area contributed by atoms with Crippen LogP contribution in [-0.2, 0) is 0 Å². The Bertz CT molecular complexity index is 1070. The lowest BCUT2D eigenvalue weighted by molar-refractivity contribution is -0.101. The second-order valence-electron chi connectivity index (χ2n) is 11.8. The van der Waals surface area contributed by atoms with E-state index in [2.05, 4.69) is 33.0 Å². The highest BCUT2D eigenvalue weighted by Crippen LogP contribution is 2.62. The van der Waals surface area contributed by atoms with Gasteiger partial charge in [0.2, 0.25) is 0 Å². The van der Waals surface area contributed by atoms with Gasteiger partial charge in [0.1, 0.15) is 11.5 Å². The zero-order chi connectivity index (χ0) is 26.1. The van der Waals surface area contributed by atoms with Gasteiger partial charge in [0.15, 0.2) is 5.78 Å². The summed E-state index contributed by atoms with van der Waals surface area (Å²) < 4.78 is 10.9. The summed E-state index contributed by atoms with van der Waals surface area (Å²) in [7, 11) is 3.22. The van der Waals surface area contributed by atoms with Gasteiger partial charge in [-0.15, -0.1) is 0 Å². The third-order valence-corrected chi connectivity index (χ3v) is 9.27. The van der Waals surface area contributed by atoms with Crippen LogP contribution in [0.1, 0.15) is 74.1 Å². The first-order chi connectivity index (χ1) is 17.1. The lowest BCUT2D eigenvalue weighted by Crippen LogP contribution is -2.57. The summed E-state index contributed by atoms with van der Waals surface area (Å²) in [4.78, 5) is 27.2. The van der Waals surface area contributed by atoms with Gasteiger partial charge < -0.3 is 14.8 Å². The number of rotatable bonds is 7. The molecular weight excluding hydrogens is 450 g/mol. The van der Waals surface area contributed by atoms with Crippen molar-refractivity contribution in [3.63, 3.8) is 0 Å². The molecule has 5 nitrogen and oxygen atoms in total. The van der Waals surface area contributed by atoms with Gasteiger partial charge in [-0.25, -0.2) is 0 Å². The molecule has 0 aromatic heterocycles. The van der Waals surface area contributed by atoms with Crippen LogP contribution in [-0.4, -0.2) is 32.5 Å². The second kappa shape index (κ2) is 10.3. The molecule has 1 unspecified atom stereocenters. The van der Waals surface area contributed by atoms with Crippen LogP contribution in [0.3, 0.4) is 0 Å². The van der Waals surface area contributed by atoms with Crippen LogP contribution in [0.15, 0.2) is 48.5 Å². The van der Waals surface area contributed by atoms with E-state index in [1.807, 2.05) is 42.5 Å². The Morgan fingerprint density at radius 2 is 1.58 bits per heavy atom. The van der Waals surface area contributed by atoms with Crippen molar-refractivity contribution in [3.05, 3.63) is 59.7 Å². The molecule has 0 aliphatic heterocycles. The van der Waals surface area contributed by atoms with E-state index in [4.69, 9.17) is 9.47 Å². The maximum atomic E-state index is 14.3. The molecule has 1 amide bonds. The van der Waals surface area contributed by atoms with Crippen molar-refractivity contribution in [3.8, 4) is 11.5 Å². The first-order valence-corrected chi connectivity index (χ1v) is 13.2. The summed E-state index contributed by atoms with van der Waals surface area (Å²) in [5, 5.41) is 3.18. The molecule has 0 spiro atoms. The number of hydrogen-bond acceptors (Lipinski definition) is 4. The number of carbonyl (C=O) groups is 2. The summed E-state index contributed by atoms with van der Waals surface area (Å²) in [6.07, 6.45) is 4.36. The molecule has 4 rings (SSSR count). The number of methoxy groups -OCH3 is 2. The second-order valence-corrected chi connectivity index (χ2v) is 11.8. The molecule has 0 bridgehead atoms. The van der Waals surface area contributed by atoms with E-state index in [-0.39, 0.29) is 40.3 Å². The van der Waals surface area contributed by atoms with Crippen molar-refractivity contribution >= 4 is 11.7 Å². The Morgan fingerprint density at radius 1 is 0.944 bits per heavy atom. The number of Topliss-reactive ketones (excluding diaryl/α,β-unsaturated/α-hetero) is 1. The summed E-state index contributed by atoms with van der Waals surface area (Å²) in [6.45, 7) is 9.85. The van der Waals surface area contributed by atoms with Crippen molar-refractivity contribution in [2.24, 2.45) is 34.5 Å². The summed E-state index contributed by atoms with van der Waals surface area (Å²) >= 11 is 0. The molecule has 194 valence electrons. The van der Waals surface area contributed by atoms with E-state index in [0.29, 0.717) is 35.1 Å². The van der Waals surface area contributed by atoms with E-state index < -0.39 is 0 Å². The number of ether oxygens (including phenoxy) is 2. The highest BCUT2D eigenvalue weighted by Gasteiger charge is 2.58. The maximum Gasteiger partial charge on any atom is 0.251 e. The third kappa shape index (κ3) is 4.89. The average Bonchev–Trinajstić information content (AvgIpc) is 2.87. The minimum absolute atomic E-state index is 0.0561. The van der Waals surface area contributed by atoms with E-state index in [1.165, 1.54) is 6.42 Å². The minimum Gasteiger partial charge on any atom is -0.497 e. The Labute approximate surface area is 216 Å². The van der Waals surface area contributed by atoms with Crippen LogP contribution >= 0.6 is 0 Å². The highest BCUT2D eigenvalue weighted by molar-refractivity contribution is 5.99. The number of benzene rings is 2. The van der Waals surface area contributed by atoms with Gasteiger partial charge in [0.05, 0.1) is 14.2 Å². The molecule has 2 aromatic rings. The van der Waals surface area contributed by atoms with Gasteiger partial charge >= 0.3 is 0 Å². The summed E-state index contributed by atoms with van der Waals surface area (Å²) in [5.74, 6) is 1.94. The van der Waals surface area contributed by atoms with Crippen LogP contribution in [0.25, 0.3) is 0 Å². The first-order valence-electron chi connectivity index (χ1n) is 13.2. The van der Waals surface area contributed by atoms with Crippen LogP contribution in [0.5, 0.6) is 11.5 Å². The van der Waals surface area contributed by atoms with Crippen molar-refractivity contribution in [1.29, 1.82) is 0 Å². The predicted molar refractivity (Wildman–Crippen MR) is 143 cm³/mol. The molecule has 0 radical (unpaired) electrons. The molecule has 1 N–H and O–H groups in total. The number of nitrogens with one attached hydrogen (secondary N) is 1. The van der Waals surface area contributed by atoms with Gasteiger partial charge in [0.25, 0.3) is 5.91 Å². The largest absolute Gasteiger partial charge is 0.497 e. The zero-order valence-electron chi connectivity index (χ0n) is 22.6. The number of fused-ring (bicyclic) bond motifs is 1. The Hall–Kier alpha value is -2.82. The van der Waals surface area contributed by atoms with Crippen LogP contribution in [0, 0.1) is 34.5 Å². The molecule has 2 aliphatic carbocycles. The van der Waals surface area contributed by atoms with Crippen molar-refractivity contribution < 1.29 is 19.1 Å². The molecule has 0 heterocycles. The fourth-order valence-corrected chi connectivity index (χ4v) is 7.37. The smallest absolute Gasteiger partial charge is 0.251 e. The molecule has 2 fully saturated rings. The van der Waals surface area contributed by atoms with Gasteiger partial charge in [-0.2, -0.15) is 0 Å². The standard InChI is InChI=1S/C31H41NO4/c1-20-23(19-32-29(34)21-11-8-7-9-12-21)17-26-30(2,3)13-10-14-31(26,4)27(20)28(33)22-15-24(35-5)18-25(16-22)36-6/h7-9,11-12,15-16,18,20,23,26-27H,10,13-14,17,19H2,1-6H3,(H,32,34)/t20-,23-,26?,27-,31+/m1/s1. The van der Waals surface area contributed by atoms with Crippen molar-refractivity contribution in [1.82, 2.24) is 5.32 Å². The van der Waals surface area contributed by atoms with Crippen LogP contribution in [0.2, 0.25) is 0 Å². The van der Waals surface area contributed by atoms with Crippen molar-refractivity contribution in [2.75, 3.05) is 20.8 Å². The topological polar surface area (TPSA) is 64.6 Å². The number of carbonyl (C=O) groups excluding carboxylic acids is 2. The zero-order valence-corrected chi connectivity index (χ0v) is 22.6. The lowest BCUT2D eigenvalue weighted by atomic mass is 9.44. The van der Waals surface area contributed by atoms with E-state index >= 15 is 0 Å². The monoisotopic (exact) mass is 491 g/mol. The summed E-state index contributed by atoms with van der Waals surface area (Å²) in [5.41, 5.74) is 1.34. The SMILES string of the molecule is COc1cc(OC)cc(C(=O)[C@H]2[C@H](C)[C@@H](CNC(=O)c3ccccc3)CC3C(C)(C)CCC[C@@]32C)c1. The third-order valence-electron chi connectivity index (χ3n) is 9.27. The van der Waals surface area contributed by atoms with Gasteiger partial charge in [-0.1, -0.05) is 52.3 Å². The number of amides is 1. The van der Waals surface area contributed by atoms with Crippen molar-refractivity contribution in [2.45, 2.75) is 53.4 Å². The Balaban J connectivity index is 1.67. The summed E-state index contributed by atoms with van der Waals surface area (Å²) in [6, 6.07) is 14.8. The normalized spacial score (nSPS) is 29.1. The highest BCUT2D eigenvalue weighted by atomic mass is 16.5. The lowest BCUT2D eigenvalue weighted by Gasteiger charge is -2.60. The van der Waals surface area contributed by atoms with Crippen LogP contribution in [0.4, 0.5) is 0 Å². The molecule has 2 aliphatic rings. The Kier molecular flexibility index (Phi) is 7.49. The number of hydrogen-bond donors (Lipinski definition) is 1. The quantitative estimate of drug-likeness (QED) is 0.454. The molecule has 2 aromatic carbocycles. The van der Waals surface area contributed by atoms with Gasteiger partial charge in [-0.05, 0) is 72.1 Å². The molecule has 36 heavy (non-hydrogen) atoms.